The summed E-state index contributed by atoms with van der Waals surface area (Å²) in [5.41, 5.74) is 0.734. The molecule has 0 bridgehead atoms. The van der Waals surface area contributed by atoms with E-state index in [1.165, 1.54) is 13.0 Å². The van der Waals surface area contributed by atoms with Gasteiger partial charge in [-0.25, -0.2) is 0 Å². The first-order valence-electron chi connectivity index (χ1n) is 5.67. The topological polar surface area (TPSA) is 72.8 Å². The number of hydrogen-bond acceptors (Lipinski definition) is 5. The number of fused-ring (bicyclic) bond motifs is 1. The molecule has 1 aromatic rings. The maximum Gasteiger partial charge on any atom is 0.311 e. The van der Waals surface area contributed by atoms with E-state index in [1.807, 2.05) is 0 Å². The van der Waals surface area contributed by atoms with Gasteiger partial charge in [0.05, 0.1) is 13.0 Å². The van der Waals surface area contributed by atoms with E-state index >= 15 is 0 Å². The minimum absolute atomic E-state index is 0.0275. The van der Waals surface area contributed by atoms with Crippen molar-refractivity contribution in [1.29, 1.82) is 0 Å². The number of hydrogen-bond donors (Lipinski definition) is 1. The number of Topliss-reactive ketones (excluding diaryl/α,β-unsaturated/α-hetero) is 1. The van der Waals surface area contributed by atoms with Crippen molar-refractivity contribution in [3.05, 3.63) is 23.8 Å². The molecular formula is C13H14O5. The highest BCUT2D eigenvalue weighted by atomic mass is 16.5. The van der Waals surface area contributed by atoms with E-state index in [-0.39, 0.29) is 43.1 Å². The lowest BCUT2D eigenvalue weighted by Crippen LogP contribution is -2.23. The van der Waals surface area contributed by atoms with Crippen molar-refractivity contribution in [2.24, 2.45) is 0 Å². The predicted octanol–water partition coefficient (Wildman–Crippen LogP) is 1.39. The largest absolute Gasteiger partial charge is 0.508 e. The third-order valence-electron chi connectivity index (χ3n) is 2.69. The van der Waals surface area contributed by atoms with Gasteiger partial charge >= 0.3 is 5.97 Å². The SMILES string of the molecule is CC(=O)COCC1CC(=O)Oc2ccc(O)cc21. The van der Waals surface area contributed by atoms with Gasteiger partial charge < -0.3 is 14.6 Å². The summed E-state index contributed by atoms with van der Waals surface area (Å²) in [5, 5.41) is 9.45. The Morgan fingerprint density at radius 1 is 1.56 bits per heavy atom. The summed E-state index contributed by atoms with van der Waals surface area (Å²) >= 11 is 0. The molecule has 0 fully saturated rings. The van der Waals surface area contributed by atoms with Crippen LogP contribution in [0.1, 0.15) is 24.8 Å². The Bertz CT molecular complexity index is 480. The van der Waals surface area contributed by atoms with Crippen molar-refractivity contribution in [3.63, 3.8) is 0 Å². The highest BCUT2D eigenvalue weighted by molar-refractivity contribution is 5.77. The normalized spacial score (nSPS) is 18.1. The molecule has 1 heterocycles. The maximum atomic E-state index is 11.4. The summed E-state index contributed by atoms with van der Waals surface area (Å²) in [6.45, 7) is 1.72. The third kappa shape index (κ3) is 2.87. The summed E-state index contributed by atoms with van der Waals surface area (Å²) in [6.07, 6.45) is 0.189. The van der Waals surface area contributed by atoms with Crippen LogP contribution in [0.5, 0.6) is 11.5 Å². The Morgan fingerprint density at radius 2 is 2.33 bits per heavy atom. The number of carbonyl (C=O) groups excluding carboxylic acids is 2. The number of ether oxygens (including phenoxy) is 2. The van der Waals surface area contributed by atoms with Crippen LogP contribution >= 0.6 is 0 Å². The van der Waals surface area contributed by atoms with Gasteiger partial charge in [0.15, 0.2) is 5.78 Å². The molecule has 0 aliphatic carbocycles. The van der Waals surface area contributed by atoms with Gasteiger partial charge in [-0.2, -0.15) is 0 Å². The summed E-state index contributed by atoms with van der Waals surface area (Å²) in [6, 6.07) is 4.58. The smallest absolute Gasteiger partial charge is 0.311 e. The first-order chi connectivity index (χ1) is 8.56. The minimum Gasteiger partial charge on any atom is -0.508 e. The van der Waals surface area contributed by atoms with Gasteiger partial charge in [0.1, 0.15) is 18.1 Å². The van der Waals surface area contributed by atoms with Crippen LogP contribution in [-0.2, 0) is 14.3 Å². The number of rotatable bonds is 4. The molecule has 5 nitrogen and oxygen atoms in total. The first kappa shape index (κ1) is 12.6. The Morgan fingerprint density at radius 3 is 3.06 bits per heavy atom. The lowest BCUT2D eigenvalue weighted by atomic mass is 9.93. The standard InChI is InChI=1S/C13H14O5/c1-8(14)6-17-7-9-4-13(16)18-12-3-2-10(15)5-11(9)12/h2-3,5,9,15H,4,6-7H2,1H3. The average molecular weight is 250 g/mol. The molecule has 5 heteroatoms. The summed E-state index contributed by atoms with van der Waals surface area (Å²) in [5.74, 6) is -0.0226. The number of phenolic OH excluding ortho intramolecular Hbond substituents is 1. The molecule has 0 amide bonds. The fourth-order valence-electron chi connectivity index (χ4n) is 1.92. The van der Waals surface area contributed by atoms with E-state index in [4.69, 9.17) is 9.47 Å². The molecule has 1 aliphatic heterocycles. The molecule has 0 spiro atoms. The van der Waals surface area contributed by atoms with E-state index in [0.29, 0.717) is 5.75 Å². The van der Waals surface area contributed by atoms with Crippen LogP contribution < -0.4 is 4.74 Å². The number of carbonyl (C=O) groups is 2. The van der Waals surface area contributed by atoms with Gasteiger partial charge in [0, 0.05) is 11.5 Å². The van der Waals surface area contributed by atoms with Crippen molar-refractivity contribution in [2.45, 2.75) is 19.3 Å². The second-order valence-electron chi connectivity index (χ2n) is 4.31. The van der Waals surface area contributed by atoms with Crippen molar-refractivity contribution >= 4 is 11.8 Å². The molecular weight excluding hydrogens is 236 g/mol. The zero-order valence-electron chi connectivity index (χ0n) is 10.0. The molecule has 96 valence electrons. The molecule has 18 heavy (non-hydrogen) atoms. The number of benzene rings is 1. The Balaban J connectivity index is 2.14. The Kier molecular flexibility index (Phi) is 3.62. The highest BCUT2D eigenvalue weighted by Gasteiger charge is 2.27. The zero-order valence-corrected chi connectivity index (χ0v) is 10.0. The fourth-order valence-corrected chi connectivity index (χ4v) is 1.92. The van der Waals surface area contributed by atoms with Gasteiger partial charge in [-0.15, -0.1) is 0 Å². The molecule has 1 aliphatic rings. The molecule has 1 aromatic carbocycles. The Labute approximate surface area is 104 Å². The van der Waals surface area contributed by atoms with E-state index in [0.717, 1.165) is 5.56 Å². The molecule has 2 rings (SSSR count). The van der Waals surface area contributed by atoms with Gasteiger partial charge in [-0.1, -0.05) is 0 Å². The van der Waals surface area contributed by atoms with Crippen LogP contribution in [0.4, 0.5) is 0 Å². The monoisotopic (exact) mass is 250 g/mol. The molecule has 0 radical (unpaired) electrons. The van der Waals surface area contributed by atoms with Gasteiger partial charge in [0.2, 0.25) is 0 Å². The lowest BCUT2D eigenvalue weighted by molar-refractivity contribution is -0.136. The van der Waals surface area contributed by atoms with E-state index < -0.39 is 0 Å². The quantitative estimate of drug-likeness (QED) is 0.645. The molecule has 1 atom stereocenters. The number of aromatic hydroxyl groups is 1. The second kappa shape index (κ2) is 5.18. The van der Waals surface area contributed by atoms with Crippen LogP contribution in [-0.4, -0.2) is 30.1 Å². The molecule has 0 saturated heterocycles. The van der Waals surface area contributed by atoms with Gasteiger partial charge in [0.25, 0.3) is 0 Å². The molecule has 0 saturated carbocycles. The summed E-state index contributed by atoms with van der Waals surface area (Å²) in [7, 11) is 0. The van der Waals surface area contributed by atoms with E-state index in [2.05, 4.69) is 0 Å². The van der Waals surface area contributed by atoms with Crippen LogP contribution in [0.15, 0.2) is 18.2 Å². The minimum atomic E-state index is -0.329. The maximum absolute atomic E-state index is 11.4. The van der Waals surface area contributed by atoms with Crippen LogP contribution in [0.25, 0.3) is 0 Å². The average Bonchev–Trinajstić information content (AvgIpc) is 2.29. The van der Waals surface area contributed by atoms with Crippen LogP contribution in [0.2, 0.25) is 0 Å². The molecule has 1 unspecified atom stereocenters. The van der Waals surface area contributed by atoms with E-state index in [1.54, 1.807) is 12.1 Å². The fraction of sp³-hybridized carbons (Fsp3) is 0.385. The second-order valence-corrected chi connectivity index (χ2v) is 4.31. The van der Waals surface area contributed by atoms with Gasteiger partial charge in [-0.3, -0.25) is 9.59 Å². The van der Waals surface area contributed by atoms with Crippen molar-refractivity contribution in [2.75, 3.05) is 13.2 Å². The van der Waals surface area contributed by atoms with Crippen molar-refractivity contribution in [3.8, 4) is 11.5 Å². The first-order valence-corrected chi connectivity index (χ1v) is 5.67. The lowest BCUT2D eigenvalue weighted by Gasteiger charge is -2.24. The number of esters is 1. The summed E-state index contributed by atoms with van der Waals surface area (Å²) in [4.78, 5) is 22.2. The number of ketones is 1. The molecule has 1 N–H and O–H groups in total. The van der Waals surface area contributed by atoms with E-state index in [9.17, 15) is 14.7 Å². The zero-order chi connectivity index (χ0) is 13.1. The van der Waals surface area contributed by atoms with Crippen LogP contribution in [0, 0.1) is 0 Å². The Hall–Kier alpha value is -1.88. The van der Waals surface area contributed by atoms with Crippen molar-refractivity contribution < 1.29 is 24.2 Å². The third-order valence-corrected chi connectivity index (χ3v) is 2.69. The van der Waals surface area contributed by atoms with Crippen LogP contribution in [0.3, 0.4) is 0 Å². The number of phenols is 1. The predicted molar refractivity (Wildman–Crippen MR) is 62.6 cm³/mol. The summed E-state index contributed by atoms with van der Waals surface area (Å²) < 4.78 is 10.3. The van der Waals surface area contributed by atoms with Gasteiger partial charge in [-0.05, 0) is 25.1 Å². The van der Waals surface area contributed by atoms with Crippen molar-refractivity contribution in [1.82, 2.24) is 0 Å². The highest BCUT2D eigenvalue weighted by Crippen LogP contribution is 2.36. The molecule has 0 aromatic heterocycles.